The predicted octanol–water partition coefficient (Wildman–Crippen LogP) is 4.83. The van der Waals surface area contributed by atoms with Crippen LogP contribution in [0, 0.1) is 11.8 Å². The Hall–Kier alpha value is -3.19. The number of nitrogens with zero attached hydrogens (tertiary/aromatic N) is 3. The van der Waals surface area contributed by atoms with Gasteiger partial charge in [-0.25, -0.2) is 4.98 Å². The molecule has 0 radical (unpaired) electrons. The summed E-state index contributed by atoms with van der Waals surface area (Å²) in [5, 5.41) is 3.11. The first-order valence-corrected chi connectivity index (χ1v) is 13.3. The Morgan fingerprint density at radius 3 is 2.53 bits per heavy atom. The van der Waals surface area contributed by atoms with Crippen molar-refractivity contribution in [2.45, 2.75) is 40.0 Å². The predicted molar refractivity (Wildman–Crippen MR) is 143 cm³/mol. The average molecular weight is 491 g/mol. The Morgan fingerprint density at radius 1 is 1.11 bits per heavy atom. The number of carbonyl (C=O) groups excluding carboxylic acids is 2. The zero-order valence-corrected chi connectivity index (χ0v) is 21.7. The number of carbonyl (C=O) groups is 2. The van der Waals surface area contributed by atoms with E-state index in [1.54, 1.807) is 0 Å². The number of piperidine rings is 1. The second-order valence-corrected chi connectivity index (χ2v) is 9.66. The largest absolute Gasteiger partial charge is 0.436 e. The highest BCUT2D eigenvalue weighted by atomic mass is 16.3. The van der Waals surface area contributed by atoms with Crippen LogP contribution in [0.1, 0.15) is 50.4 Å². The van der Waals surface area contributed by atoms with E-state index in [4.69, 9.17) is 4.42 Å². The van der Waals surface area contributed by atoms with Gasteiger partial charge in [0.25, 0.3) is 5.91 Å². The molecule has 1 atom stereocenters. The van der Waals surface area contributed by atoms with E-state index in [2.05, 4.69) is 29.0 Å². The van der Waals surface area contributed by atoms with E-state index in [1.165, 1.54) is 0 Å². The van der Waals surface area contributed by atoms with Crippen LogP contribution in [0.5, 0.6) is 0 Å². The van der Waals surface area contributed by atoms with Gasteiger partial charge >= 0.3 is 0 Å². The number of likely N-dealkylation sites (tertiary alicyclic amines) is 1. The minimum Gasteiger partial charge on any atom is -0.436 e. The lowest BCUT2D eigenvalue weighted by molar-refractivity contribution is -0.126. The van der Waals surface area contributed by atoms with Crippen molar-refractivity contribution in [1.29, 1.82) is 0 Å². The van der Waals surface area contributed by atoms with Crippen molar-refractivity contribution in [3.63, 3.8) is 0 Å². The summed E-state index contributed by atoms with van der Waals surface area (Å²) in [7, 11) is 0. The molecule has 1 fully saturated rings. The summed E-state index contributed by atoms with van der Waals surface area (Å²) < 4.78 is 5.88. The quantitative estimate of drug-likeness (QED) is 0.412. The van der Waals surface area contributed by atoms with Gasteiger partial charge in [0, 0.05) is 36.7 Å². The molecule has 1 aliphatic heterocycles. The number of nitrogens with one attached hydrogen (secondary N) is 1. The van der Waals surface area contributed by atoms with Gasteiger partial charge in [0.05, 0.1) is 0 Å². The number of amides is 2. The number of benzene rings is 2. The maximum absolute atomic E-state index is 13.2. The van der Waals surface area contributed by atoms with Crippen LogP contribution in [0.3, 0.4) is 0 Å². The summed E-state index contributed by atoms with van der Waals surface area (Å²) in [6.45, 7) is 11.5. The van der Waals surface area contributed by atoms with E-state index in [9.17, 15) is 9.59 Å². The Kier molecular flexibility index (Phi) is 8.75. The van der Waals surface area contributed by atoms with Gasteiger partial charge in [0.2, 0.25) is 11.8 Å². The summed E-state index contributed by atoms with van der Waals surface area (Å²) >= 11 is 0. The van der Waals surface area contributed by atoms with E-state index in [0.29, 0.717) is 48.1 Å². The van der Waals surface area contributed by atoms with E-state index < -0.39 is 0 Å². The second kappa shape index (κ2) is 12.2. The van der Waals surface area contributed by atoms with Gasteiger partial charge in [-0.05, 0) is 75.1 Å². The molecule has 0 unspecified atom stereocenters. The number of rotatable bonds is 10. The first-order chi connectivity index (χ1) is 17.5. The third kappa shape index (κ3) is 6.13. The van der Waals surface area contributed by atoms with Crippen molar-refractivity contribution < 1.29 is 14.0 Å². The first-order valence-electron chi connectivity index (χ1n) is 13.3. The van der Waals surface area contributed by atoms with Crippen LogP contribution in [-0.2, 0) is 4.79 Å². The molecule has 192 valence electrons. The summed E-state index contributed by atoms with van der Waals surface area (Å²) in [5.74, 6) is 0.941. The van der Waals surface area contributed by atoms with Gasteiger partial charge in [0.15, 0.2) is 5.58 Å². The van der Waals surface area contributed by atoms with E-state index in [0.717, 1.165) is 44.5 Å². The number of aromatic nitrogens is 1. The topological polar surface area (TPSA) is 78.7 Å². The molecule has 2 aromatic carbocycles. The molecule has 2 heterocycles. The molecule has 0 aliphatic carbocycles. The molecule has 1 aliphatic rings. The molecule has 1 N–H and O–H groups in total. The van der Waals surface area contributed by atoms with Crippen molar-refractivity contribution in [3.8, 4) is 11.5 Å². The maximum atomic E-state index is 13.2. The van der Waals surface area contributed by atoms with Crippen molar-refractivity contribution >= 4 is 22.9 Å². The van der Waals surface area contributed by atoms with Crippen LogP contribution in [-0.4, -0.2) is 65.9 Å². The first kappa shape index (κ1) is 25.9. The minimum absolute atomic E-state index is 0.00752. The molecule has 1 saturated heterocycles. The molecule has 0 spiro atoms. The highest BCUT2D eigenvalue weighted by Gasteiger charge is 2.30. The van der Waals surface area contributed by atoms with Gasteiger partial charge < -0.3 is 19.5 Å². The number of hydrogen-bond donors (Lipinski definition) is 1. The fourth-order valence-electron chi connectivity index (χ4n) is 4.98. The molecule has 36 heavy (non-hydrogen) atoms. The van der Waals surface area contributed by atoms with Crippen molar-refractivity contribution in [2.75, 3.05) is 39.3 Å². The van der Waals surface area contributed by atoms with Gasteiger partial charge in [0.1, 0.15) is 5.52 Å². The van der Waals surface area contributed by atoms with Crippen LogP contribution >= 0.6 is 0 Å². The Balaban J connectivity index is 1.28. The van der Waals surface area contributed by atoms with Crippen LogP contribution < -0.4 is 5.32 Å². The molecule has 1 aromatic heterocycles. The van der Waals surface area contributed by atoms with Gasteiger partial charge in [-0.2, -0.15) is 0 Å². The molecule has 7 heteroatoms. The standard InChI is InChI=1S/C29H38N4O3/c1-4-32(5-2)17-9-16-30-27(34)21(3)22-14-18-33(19-15-22)29(35)24-12-13-26-25(20-24)31-28(36-26)23-10-7-6-8-11-23/h6-8,10-13,20-22H,4-5,9,14-19H2,1-3H3,(H,30,34)/t21-/m0/s1. The summed E-state index contributed by atoms with van der Waals surface area (Å²) in [6, 6.07) is 15.2. The SMILES string of the molecule is CCN(CC)CCCNC(=O)[C@@H](C)C1CCN(C(=O)c2ccc3oc(-c4ccccc4)nc3c2)CC1. The Labute approximate surface area is 213 Å². The van der Waals surface area contributed by atoms with Gasteiger partial charge in [-0.1, -0.05) is 39.0 Å². The second-order valence-electron chi connectivity index (χ2n) is 9.66. The maximum Gasteiger partial charge on any atom is 0.253 e. The minimum atomic E-state index is -0.0430. The fraction of sp³-hybridized carbons (Fsp3) is 0.483. The lowest BCUT2D eigenvalue weighted by Gasteiger charge is -2.34. The van der Waals surface area contributed by atoms with Crippen molar-refractivity contribution in [2.24, 2.45) is 11.8 Å². The molecule has 0 bridgehead atoms. The van der Waals surface area contributed by atoms with Gasteiger partial charge in [-0.15, -0.1) is 0 Å². The summed E-state index contributed by atoms with van der Waals surface area (Å²) in [6.07, 6.45) is 2.64. The average Bonchev–Trinajstić information content (AvgIpc) is 3.36. The third-order valence-corrected chi connectivity index (χ3v) is 7.45. The smallest absolute Gasteiger partial charge is 0.253 e. The monoisotopic (exact) mass is 490 g/mol. The molecule has 0 saturated carbocycles. The van der Waals surface area contributed by atoms with E-state index in [-0.39, 0.29) is 17.7 Å². The van der Waals surface area contributed by atoms with Crippen LogP contribution in [0.15, 0.2) is 52.9 Å². The lowest BCUT2D eigenvalue weighted by atomic mass is 9.84. The van der Waals surface area contributed by atoms with Crippen molar-refractivity contribution in [1.82, 2.24) is 20.1 Å². The van der Waals surface area contributed by atoms with Crippen LogP contribution in [0.25, 0.3) is 22.6 Å². The highest BCUT2D eigenvalue weighted by molar-refractivity contribution is 5.97. The van der Waals surface area contributed by atoms with E-state index in [1.807, 2.05) is 60.4 Å². The zero-order valence-electron chi connectivity index (χ0n) is 21.7. The van der Waals surface area contributed by atoms with Crippen LogP contribution in [0.4, 0.5) is 0 Å². The fourth-order valence-corrected chi connectivity index (χ4v) is 4.98. The lowest BCUT2D eigenvalue weighted by Crippen LogP contribution is -2.43. The van der Waals surface area contributed by atoms with Crippen molar-refractivity contribution in [3.05, 3.63) is 54.1 Å². The van der Waals surface area contributed by atoms with Crippen LogP contribution in [0.2, 0.25) is 0 Å². The molecular weight excluding hydrogens is 452 g/mol. The van der Waals surface area contributed by atoms with E-state index >= 15 is 0 Å². The zero-order chi connectivity index (χ0) is 25.5. The molecule has 7 nitrogen and oxygen atoms in total. The third-order valence-electron chi connectivity index (χ3n) is 7.45. The highest BCUT2D eigenvalue weighted by Crippen LogP contribution is 2.28. The molecular formula is C29H38N4O3. The molecule has 4 rings (SSSR count). The molecule has 3 aromatic rings. The number of fused-ring (bicyclic) bond motifs is 1. The summed E-state index contributed by atoms with van der Waals surface area (Å²) in [5.41, 5.74) is 2.88. The summed E-state index contributed by atoms with van der Waals surface area (Å²) in [4.78, 5) is 34.7. The normalized spacial score (nSPS) is 15.4. The Bertz CT molecular complexity index is 1150. The number of hydrogen-bond acceptors (Lipinski definition) is 5. The van der Waals surface area contributed by atoms with Gasteiger partial charge in [-0.3, -0.25) is 9.59 Å². The number of oxazole rings is 1. The Morgan fingerprint density at radius 2 is 1.83 bits per heavy atom. The molecule has 2 amide bonds.